The van der Waals surface area contributed by atoms with E-state index < -0.39 is 5.82 Å². The molecule has 162 valence electrons. The van der Waals surface area contributed by atoms with Crippen LogP contribution in [-0.4, -0.2) is 43.0 Å². The normalized spacial score (nSPS) is 14.9. The summed E-state index contributed by atoms with van der Waals surface area (Å²) in [5, 5.41) is 0.400. The average Bonchev–Trinajstić information content (AvgIpc) is 2.73. The minimum atomic E-state index is -0.419. The van der Waals surface area contributed by atoms with Gasteiger partial charge in [0.1, 0.15) is 18.2 Å². The number of carbonyl (C=O) groups excluding carboxylic acids is 1. The second-order valence-corrected chi connectivity index (χ2v) is 8.06. The summed E-state index contributed by atoms with van der Waals surface area (Å²) in [6.45, 7) is 5.09. The van der Waals surface area contributed by atoms with Crippen LogP contribution in [-0.2, 0) is 17.9 Å². The molecule has 8 nitrogen and oxygen atoms in total. The Morgan fingerprint density at radius 3 is 2.61 bits per heavy atom. The number of aromatic nitrogens is 4. The van der Waals surface area contributed by atoms with E-state index in [9.17, 15) is 18.8 Å². The van der Waals surface area contributed by atoms with Gasteiger partial charge in [-0.2, -0.15) is 0 Å². The molecule has 3 heterocycles. The average molecular weight is 425 g/mol. The van der Waals surface area contributed by atoms with E-state index in [-0.39, 0.29) is 29.5 Å². The van der Waals surface area contributed by atoms with Gasteiger partial charge in [-0.25, -0.2) is 14.4 Å². The zero-order valence-electron chi connectivity index (χ0n) is 17.5. The zero-order chi connectivity index (χ0) is 22.1. The number of benzene rings is 1. The quantitative estimate of drug-likeness (QED) is 0.634. The Bertz CT molecular complexity index is 1260. The number of aryl methyl sites for hydroxylation is 2. The molecule has 1 fully saturated rings. The standard InChI is InChI=1S/C22H24FN5O3/c1-14-9-20(29)27(13-24-14)12-21(30)26-7-5-16(6-8-26)11-28-15(2)25-19-10-17(23)3-4-18(19)22(28)31/h3-4,9-10,13,16H,5-8,11-12H2,1-2H3. The Labute approximate surface area is 178 Å². The second-order valence-electron chi connectivity index (χ2n) is 8.06. The monoisotopic (exact) mass is 425 g/mol. The number of rotatable bonds is 4. The molecule has 0 saturated carbocycles. The summed E-state index contributed by atoms with van der Waals surface area (Å²) in [5.74, 6) is 0.239. The number of fused-ring (bicyclic) bond motifs is 1. The van der Waals surface area contributed by atoms with Crippen molar-refractivity contribution in [2.75, 3.05) is 13.1 Å². The molecular formula is C22H24FN5O3. The molecule has 1 saturated heterocycles. The molecule has 0 N–H and O–H groups in total. The van der Waals surface area contributed by atoms with Gasteiger partial charge in [0.05, 0.1) is 17.2 Å². The lowest BCUT2D eigenvalue weighted by Crippen LogP contribution is -2.42. The van der Waals surface area contributed by atoms with Crippen LogP contribution in [0.5, 0.6) is 0 Å². The van der Waals surface area contributed by atoms with E-state index in [4.69, 9.17) is 0 Å². The number of amides is 1. The molecule has 1 aromatic carbocycles. The van der Waals surface area contributed by atoms with Crippen molar-refractivity contribution in [2.45, 2.75) is 39.8 Å². The van der Waals surface area contributed by atoms with E-state index in [0.717, 1.165) is 12.8 Å². The molecular weight excluding hydrogens is 401 g/mol. The maximum absolute atomic E-state index is 13.4. The fourth-order valence-electron chi connectivity index (χ4n) is 4.02. The summed E-state index contributed by atoms with van der Waals surface area (Å²) in [7, 11) is 0. The Morgan fingerprint density at radius 2 is 1.90 bits per heavy atom. The van der Waals surface area contributed by atoms with Gasteiger partial charge in [0, 0.05) is 37.5 Å². The Hall–Kier alpha value is -3.36. The van der Waals surface area contributed by atoms with Crippen LogP contribution in [0.3, 0.4) is 0 Å². The first-order valence-corrected chi connectivity index (χ1v) is 10.3. The van der Waals surface area contributed by atoms with Crippen molar-refractivity contribution in [1.29, 1.82) is 0 Å². The van der Waals surface area contributed by atoms with Gasteiger partial charge in [-0.3, -0.25) is 23.5 Å². The first-order chi connectivity index (χ1) is 14.8. The van der Waals surface area contributed by atoms with Gasteiger partial charge in [-0.1, -0.05) is 0 Å². The highest BCUT2D eigenvalue weighted by atomic mass is 19.1. The highest BCUT2D eigenvalue weighted by Gasteiger charge is 2.24. The lowest BCUT2D eigenvalue weighted by Gasteiger charge is -2.32. The van der Waals surface area contributed by atoms with Crippen LogP contribution in [0, 0.1) is 25.6 Å². The lowest BCUT2D eigenvalue weighted by molar-refractivity contribution is -0.133. The molecule has 1 aliphatic rings. The molecule has 1 amide bonds. The number of carbonyl (C=O) groups is 1. The summed E-state index contributed by atoms with van der Waals surface area (Å²) < 4.78 is 16.4. The summed E-state index contributed by atoms with van der Waals surface area (Å²) in [6.07, 6.45) is 2.90. The van der Waals surface area contributed by atoms with Gasteiger partial charge < -0.3 is 4.90 Å². The van der Waals surface area contributed by atoms with Gasteiger partial charge in [0.15, 0.2) is 0 Å². The van der Waals surface area contributed by atoms with Crippen molar-refractivity contribution in [1.82, 2.24) is 24.0 Å². The summed E-state index contributed by atoms with van der Waals surface area (Å²) in [4.78, 5) is 47.7. The number of hydrogen-bond acceptors (Lipinski definition) is 5. The van der Waals surface area contributed by atoms with Crippen LogP contribution >= 0.6 is 0 Å². The first-order valence-electron chi connectivity index (χ1n) is 10.3. The van der Waals surface area contributed by atoms with Crippen molar-refractivity contribution in [3.05, 3.63) is 68.6 Å². The number of piperidine rings is 1. The van der Waals surface area contributed by atoms with Crippen molar-refractivity contribution in [3.8, 4) is 0 Å². The van der Waals surface area contributed by atoms with E-state index in [1.807, 2.05) is 0 Å². The van der Waals surface area contributed by atoms with Crippen LogP contribution in [0.4, 0.5) is 4.39 Å². The maximum atomic E-state index is 13.4. The van der Waals surface area contributed by atoms with Gasteiger partial charge in [0.2, 0.25) is 5.91 Å². The van der Waals surface area contributed by atoms with Gasteiger partial charge in [-0.05, 0) is 44.7 Å². The van der Waals surface area contributed by atoms with Gasteiger partial charge in [0.25, 0.3) is 11.1 Å². The molecule has 0 unspecified atom stereocenters. The first kappa shape index (κ1) is 20.9. The van der Waals surface area contributed by atoms with E-state index in [0.29, 0.717) is 42.1 Å². The molecule has 0 bridgehead atoms. The Kier molecular flexibility index (Phi) is 5.67. The summed E-state index contributed by atoms with van der Waals surface area (Å²) in [5.41, 5.74) is 0.565. The van der Waals surface area contributed by atoms with Crippen molar-refractivity contribution in [2.24, 2.45) is 5.92 Å². The van der Waals surface area contributed by atoms with E-state index in [1.54, 1.807) is 23.3 Å². The van der Waals surface area contributed by atoms with E-state index in [2.05, 4.69) is 9.97 Å². The van der Waals surface area contributed by atoms with Crippen LogP contribution in [0.25, 0.3) is 10.9 Å². The van der Waals surface area contributed by atoms with Crippen molar-refractivity contribution < 1.29 is 9.18 Å². The maximum Gasteiger partial charge on any atom is 0.261 e. The largest absolute Gasteiger partial charge is 0.341 e. The molecule has 0 radical (unpaired) electrons. The highest BCUT2D eigenvalue weighted by molar-refractivity contribution is 5.77. The number of halogens is 1. The van der Waals surface area contributed by atoms with Gasteiger partial charge in [-0.15, -0.1) is 0 Å². The predicted octanol–water partition coefficient (Wildman–Crippen LogP) is 1.65. The third-order valence-electron chi connectivity index (χ3n) is 5.84. The van der Waals surface area contributed by atoms with Crippen LogP contribution in [0.1, 0.15) is 24.4 Å². The van der Waals surface area contributed by atoms with Crippen molar-refractivity contribution >= 4 is 16.8 Å². The fraction of sp³-hybridized carbons (Fsp3) is 0.409. The van der Waals surface area contributed by atoms with Crippen LogP contribution in [0.15, 0.2) is 40.2 Å². The van der Waals surface area contributed by atoms with Crippen molar-refractivity contribution in [3.63, 3.8) is 0 Å². The second kappa shape index (κ2) is 8.41. The summed E-state index contributed by atoms with van der Waals surface area (Å²) >= 11 is 0. The minimum absolute atomic E-state index is 0.0273. The number of hydrogen-bond donors (Lipinski definition) is 0. The topological polar surface area (TPSA) is 90.1 Å². The fourth-order valence-corrected chi connectivity index (χ4v) is 4.02. The molecule has 0 aliphatic carbocycles. The summed E-state index contributed by atoms with van der Waals surface area (Å²) in [6, 6.07) is 5.42. The SMILES string of the molecule is Cc1cc(=O)n(CC(=O)N2CCC(Cn3c(C)nc4cc(F)ccc4c3=O)CC2)cn1. The van der Waals surface area contributed by atoms with E-state index >= 15 is 0 Å². The molecule has 0 spiro atoms. The molecule has 31 heavy (non-hydrogen) atoms. The third kappa shape index (κ3) is 4.40. The number of nitrogens with zero attached hydrogens (tertiary/aromatic N) is 5. The molecule has 2 aromatic heterocycles. The Balaban J connectivity index is 1.41. The molecule has 9 heteroatoms. The van der Waals surface area contributed by atoms with E-state index in [1.165, 1.54) is 35.2 Å². The lowest BCUT2D eigenvalue weighted by atomic mass is 9.96. The Morgan fingerprint density at radius 1 is 1.16 bits per heavy atom. The van der Waals surface area contributed by atoms with Crippen LogP contribution < -0.4 is 11.1 Å². The minimum Gasteiger partial charge on any atom is -0.341 e. The molecule has 1 aliphatic heterocycles. The molecule has 0 atom stereocenters. The predicted molar refractivity (Wildman–Crippen MR) is 113 cm³/mol. The third-order valence-corrected chi connectivity index (χ3v) is 5.84. The number of likely N-dealkylation sites (tertiary alicyclic amines) is 1. The molecule has 3 aromatic rings. The van der Waals surface area contributed by atoms with Gasteiger partial charge >= 0.3 is 0 Å². The highest BCUT2D eigenvalue weighted by Crippen LogP contribution is 2.20. The zero-order valence-corrected chi connectivity index (χ0v) is 17.5. The molecule has 4 rings (SSSR count). The van der Waals surface area contributed by atoms with Crippen LogP contribution in [0.2, 0.25) is 0 Å². The smallest absolute Gasteiger partial charge is 0.261 e.